The number of benzene rings is 5. The van der Waals surface area contributed by atoms with Crippen LogP contribution in [0.1, 0.15) is 105 Å². The summed E-state index contributed by atoms with van der Waals surface area (Å²) < 4.78 is 38.1. The van der Waals surface area contributed by atoms with Crippen LogP contribution in [0.15, 0.2) is 78.9 Å². The van der Waals surface area contributed by atoms with Crippen molar-refractivity contribution in [2.75, 3.05) is 6.61 Å². The van der Waals surface area contributed by atoms with Crippen molar-refractivity contribution in [3.63, 3.8) is 0 Å². The van der Waals surface area contributed by atoms with Gasteiger partial charge in [0, 0.05) is 41.1 Å². The second-order valence-corrected chi connectivity index (χ2v) is 26.0. The maximum atomic E-state index is 16.0. The summed E-state index contributed by atoms with van der Waals surface area (Å²) in [6.07, 6.45) is -19.4. The third kappa shape index (κ3) is 15.3. The van der Waals surface area contributed by atoms with Gasteiger partial charge < -0.3 is 123 Å². The first-order valence-corrected chi connectivity index (χ1v) is 31.7. The molecule has 20 N–H and O–H groups in total. The zero-order valence-corrected chi connectivity index (χ0v) is 54.7. The predicted octanol–water partition coefficient (Wildman–Crippen LogP) is 0.0873. The molecule has 5 aromatic rings. The van der Waals surface area contributed by atoms with E-state index in [2.05, 4.69) is 31.9 Å². The minimum absolute atomic E-state index is 0.256. The molecular weight excluding hydrogens is 1360 g/mol. The monoisotopic (exact) mass is 1430 g/mol. The fourth-order valence-corrected chi connectivity index (χ4v) is 12.6. The average Bonchev–Trinajstić information content (AvgIpc) is 0.768. The van der Waals surface area contributed by atoms with Crippen LogP contribution < -0.4 is 57.6 Å². The smallest absolute Gasteiger partial charge is 0.330 e. The predicted molar refractivity (Wildman–Crippen MR) is 341 cm³/mol. The van der Waals surface area contributed by atoms with Crippen molar-refractivity contribution in [2.24, 2.45) is 17.4 Å². The molecule has 33 nitrogen and oxygen atoms in total. The first-order valence-electron chi connectivity index (χ1n) is 30.9. The van der Waals surface area contributed by atoms with Crippen molar-refractivity contribution in [2.45, 2.75) is 150 Å². The highest BCUT2D eigenvalue weighted by Gasteiger charge is 2.51. The number of ether oxygens (including phenoxy) is 6. The quantitative estimate of drug-likeness (QED) is 0.0736. The molecule has 0 aromatic heterocycles. The lowest BCUT2D eigenvalue weighted by Crippen LogP contribution is -2.64. The number of phenols is 3. The van der Waals surface area contributed by atoms with Gasteiger partial charge in [0.2, 0.25) is 53.3 Å². The Morgan fingerprint density at radius 1 is 0.700 bits per heavy atom. The van der Waals surface area contributed by atoms with E-state index in [1.54, 1.807) is 13.8 Å². The van der Waals surface area contributed by atoms with Crippen LogP contribution in [0.5, 0.6) is 46.0 Å². The number of nitrogens with one attached hydrogen (secondary N) is 6. The summed E-state index contributed by atoms with van der Waals surface area (Å²) in [6.45, 7) is 5.22. The number of aromatic hydroxyl groups is 3. The average molecular weight is 1430 g/mol. The molecule has 0 aliphatic carbocycles. The summed E-state index contributed by atoms with van der Waals surface area (Å²) in [7, 11) is 0. The fraction of sp³-hybridized carbons (Fsp3) is 0.400. The molecule has 0 saturated carbocycles. The van der Waals surface area contributed by atoms with Gasteiger partial charge in [-0.05, 0) is 96.6 Å². The zero-order chi connectivity index (χ0) is 72.8. The van der Waals surface area contributed by atoms with Crippen LogP contribution in [0.3, 0.4) is 0 Å². The summed E-state index contributed by atoms with van der Waals surface area (Å²) in [6, 6.07) is -0.432. The molecule has 11 bridgehead atoms. The second kappa shape index (κ2) is 29.4. The van der Waals surface area contributed by atoms with Crippen molar-refractivity contribution in [1.29, 1.82) is 0 Å². The molecule has 7 aliphatic heterocycles. The van der Waals surface area contributed by atoms with E-state index in [0.717, 1.165) is 78.9 Å². The van der Waals surface area contributed by atoms with Crippen LogP contribution >= 0.6 is 23.2 Å². The first-order chi connectivity index (χ1) is 47.1. The number of Topliss-reactive ketones (excluding diaryl/α,β-unsaturated/α-hetero) is 1. The van der Waals surface area contributed by atoms with Crippen molar-refractivity contribution in [1.82, 2.24) is 31.9 Å². The van der Waals surface area contributed by atoms with E-state index in [-0.39, 0.29) is 35.4 Å². The number of hydrogen-bond acceptors (Lipinski definition) is 25. The zero-order valence-electron chi connectivity index (χ0n) is 53.2. The van der Waals surface area contributed by atoms with Crippen molar-refractivity contribution in [3.05, 3.63) is 117 Å². The highest BCUT2D eigenvalue weighted by Crippen LogP contribution is 2.50. The third-order valence-corrected chi connectivity index (χ3v) is 17.8. The third-order valence-electron chi connectivity index (χ3n) is 17.2. The Morgan fingerprint density at radius 2 is 1.30 bits per heavy atom. The molecule has 534 valence electrons. The highest BCUT2D eigenvalue weighted by molar-refractivity contribution is 6.36. The van der Waals surface area contributed by atoms with Gasteiger partial charge in [0.15, 0.2) is 29.9 Å². The van der Waals surface area contributed by atoms with Gasteiger partial charge in [-0.2, -0.15) is 0 Å². The Labute approximate surface area is 576 Å². The largest absolute Gasteiger partial charge is 0.508 e. The SMILES string of the molecule is CC(C)CC(=O)C(=O)N[C@H]1C(=O)N[C@@H](CC(N)=O)C(=O)N[C@H]2C(=O)N[C@H]3C(=O)N[C@H](C(=O)N[C@H](C(=O)O)c4cc(O)cc(O)c4-c4cc3ccc4O)[C@H](O)c3ccc(c(Cl)c3)Oc3cc2cc(c3O[C@@H]2O[C@H](CO)[C@@H](O)[C@H](O)[C@H]2O[C@H]2C[C@](C)(N)[C@H](O)[C@H](C)O2)Oc2ccc(cc2Cl)[C@H]1O. The van der Waals surface area contributed by atoms with Gasteiger partial charge in [-0.25, -0.2) is 4.79 Å². The molecule has 7 heterocycles. The molecule has 2 fully saturated rings. The minimum Gasteiger partial charge on any atom is -0.508 e. The number of aliphatic hydroxyl groups excluding tert-OH is 6. The van der Waals surface area contributed by atoms with Gasteiger partial charge in [0.25, 0.3) is 5.91 Å². The number of carboxylic acid groups (broad SMARTS) is 1. The molecule has 35 heteroatoms. The number of carboxylic acids is 1. The number of phenolic OH excluding ortho intramolecular Hbond substituents is 3. The van der Waals surface area contributed by atoms with Crippen LogP contribution in [-0.4, -0.2) is 184 Å². The maximum absolute atomic E-state index is 16.0. The Kier molecular flexibility index (Phi) is 21.5. The number of hydrogen-bond donors (Lipinski definition) is 18. The molecule has 12 rings (SSSR count). The molecular formula is C65H70Cl2N8O25. The fourth-order valence-electron chi connectivity index (χ4n) is 12.1. The van der Waals surface area contributed by atoms with E-state index in [9.17, 15) is 79.8 Å². The lowest BCUT2D eigenvalue weighted by atomic mass is 9.86. The molecule has 0 spiro atoms. The summed E-state index contributed by atoms with van der Waals surface area (Å²) >= 11 is 14.0. The summed E-state index contributed by atoms with van der Waals surface area (Å²) in [4.78, 5) is 129. The molecule has 5 aromatic carbocycles. The van der Waals surface area contributed by atoms with Crippen molar-refractivity contribution >= 4 is 76.3 Å². The van der Waals surface area contributed by atoms with Crippen molar-refractivity contribution in [3.8, 4) is 57.1 Å². The maximum Gasteiger partial charge on any atom is 0.330 e. The highest BCUT2D eigenvalue weighted by atomic mass is 35.5. The van der Waals surface area contributed by atoms with E-state index in [1.165, 1.54) is 13.8 Å². The van der Waals surface area contributed by atoms with Crippen LogP contribution in [-0.2, 0) is 57.4 Å². The van der Waals surface area contributed by atoms with Gasteiger partial charge in [-0.1, -0.05) is 55.2 Å². The van der Waals surface area contributed by atoms with E-state index in [0.29, 0.717) is 0 Å². The Balaban J connectivity index is 1.24. The molecule has 0 unspecified atom stereocenters. The van der Waals surface area contributed by atoms with E-state index in [1.807, 2.05) is 0 Å². The van der Waals surface area contributed by atoms with Gasteiger partial charge in [-0.3, -0.25) is 38.4 Å². The van der Waals surface area contributed by atoms with Gasteiger partial charge in [0.1, 0.15) is 89.5 Å². The summed E-state index contributed by atoms with van der Waals surface area (Å²) in [5.41, 5.74) is 7.72. The normalized spacial score (nSPS) is 29.2. The van der Waals surface area contributed by atoms with Crippen molar-refractivity contribution < 1.29 is 123 Å². The van der Waals surface area contributed by atoms with Gasteiger partial charge in [0.05, 0.1) is 35.3 Å². The van der Waals surface area contributed by atoms with Crippen LogP contribution in [0, 0.1) is 5.92 Å². The molecule has 17 atom stereocenters. The number of aliphatic hydroxyl groups is 6. The summed E-state index contributed by atoms with van der Waals surface area (Å²) in [5.74, 6) is -18.4. The number of carbonyl (C=O) groups is 9. The van der Waals surface area contributed by atoms with Crippen LogP contribution in [0.25, 0.3) is 11.1 Å². The number of halogens is 2. The number of nitrogens with two attached hydrogens (primary N) is 2. The molecule has 7 amide bonds. The number of aliphatic carboxylic acids is 1. The molecule has 7 aliphatic rings. The minimum atomic E-state index is -2.38. The lowest BCUT2D eigenvalue weighted by Gasteiger charge is -2.47. The Hall–Kier alpha value is -9.49. The Bertz CT molecular complexity index is 4110. The van der Waals surface area contributed by atoms with Crippen LogP contribution in [0.4, 0.5) is 0 Å². The van der Waals surface area contributed by atoms with Gasteiger partial charge >= 0.3 is 5.97 Å². The van der Waals surface area contributed by atoms with E-state index < -0.39 is 248 Å². The standard InChI is InChI=1S/C65H70Cl2N8O25/c1-22(2)11-36(80)58(88)74-48-50(82)25-6-9-37(31(66)13-25)96-39-15-27-16-40(54(39)100-64-55(53(85)52(84)41(21-76)98-64)99-43-20-65(4,69)56(86)23(3)95-43)97-38-10-7-26(14-32(38)67)51(83)49-62(92)73-47(63(93)94)30-17-28(77)18-35(79)44(30)29-12-24(5-8-34(29)78)45(59(89)75-49)72-60(90)46(27)71-57(87)33(19-42(68)81)70-61(48)91/h5-10,12-18,22-23,33,41,43,45-53,55-56,64,76-79,82-86H,11,19-21,69H2,1-4H3,(H2,68,81)(H,70,91)(H,71,87)(H,72,90)(H,73,92)(H,74,88)(H,75,89)(H,93,94)/t23-,33-,41+,43-,45+,46+,47-,48+,49-,50+,51+,52+,53-,55+,56+,64-,65-/m0/s1. The molecule has 2 saturated heterocycles. The molecule has 100 heavy (non-hydrogen) atoms. The summed E-state index contributed by atoms with van der Waals surface area (Å²) in [5, 5.41) is 127. The number of amides is 7. The number of rotatable bonds is 12. The number of fused-ring (bicyclic) bond motifs is 15. The first kappa shape index (κ1) is 73.2. The van der Waals surface area contributed by atoms with Gasteiger partial charge in [-0.15, -0.1) is 0 Å². The van der Waals surface area contributed by atoms with E-state index in [4.69, 9.17) is 63.1 Å². The van der Waals surface area contributed by atoms with E-state index >= 15 is 14.4 Å². The van der Waals surface area contributed by atoms with Crippen LogP contribution in [0.2, 0.25) is 10.0 Å². The number of primary amides is 1. The number of carbonyl (C=O) groups excluding carboxylic acids is 8. The topological polar surface area (TPSA) is 536 Å². The Morgan fingerprint density at radius 3 is 1.89 bits per heavy atom. The second-order valence-electron chi connectivity index (χ2n) is 25.2. The molecule has 0 radical (unpaired) electrons. The number of ketones is 1. The lowest BCUT2D eigenvalue weighted by molar-refractivity contribution is -0.333.